The minimum Gasteiger partial charge on any atom is -0.370 e. The van der Waals surface area contributed by atoms with Gasteiger partial charge in [0, 0.05) is 29.9 Å². The number of aliphatic imine (C=N–C) groups is 1. The average Bonchev–Trinajstić information content (AvgIpc) is 3.18. The zero-order chi connectivity index (χ0) is 19.9. The molecule has 0 aliphatic carbocycles. The fourth-order valence-electron chi connectivity index (χ4n) is 2.33. The minimum absolute atomic E-state index is 0.0498. The Morgan fingerprint density at radius 3 is 2.96 bits per heavy atom. The van der Waals surface area contributed by atoms with Crippen LogP contribution in [0.3, 0.4) is 0 Å². The van der Waals surface area contributed by atoms with E-state index in [-0.39, 0.29) is 11.8 Å². The maximum Gasteiger partial charge on any atom is 0.318 e. The molecular weight excluding hydrogens is 412 g/mol. The van der Waals surface area contributed by atoms with Gasteiger partial charge >= 0.3 is 10.2 Å². The molecule has 1 saturated heterocycles. The molecular formula is C13H21N8O3S3. The lowest BCUT2D eigenvalue weighted by molar-refractivity contribution is 0.254. The molecule has 0 saturated carbocycles. The lowest BCUT2D eigenvalue weighted by atomic mass is 10.2. The fourth-order valence-corrected chi connectivity index (χ4v) is 4.42. The van der Waals surface area contributed by atoms with Gasteiger partial charge in [0.1, 0.15) is 5.84 Å². The Balaban J connectivity index is 1.88. The lowest BCUT2D eigenvalue weighted by Gasteiger charge is -2.22. The van der Waals surface area contributed by atoms with Crippen molar-refractivity contribution >= 4 is 56.5 Å². The van der Waals surface area contributed by atoms with Crippen LogP contribution in [0.1, 0.15) is 25.0 Å². The van der Waals surface area contributed by atoms with Crippen molar-refractivity contribution in [2.24, 2.45) is 26.0 Å². The Labute approximate surface area is 165 Å². The van der Waals surface area contributed by atoms with Crippen molar-refractivity contribution in [3.05, 3.63) is 11.1 Å². The number of rotatable bonds is 9. The van der Waals surface area contributed by atoms with Crippen LogP contribution in [0.2, 0.25) is 0 Å². The predicted octanol–water partition coefficient (Wildman–Crippen LogP) is -0.648. The highest BCUT2D eigenvalue weighted by Crippen LogP contribution is 2.22. The second-order valence-corrected chi connectivity index (χ2v) is 8.75. The minimum atomic E-state index is -4.04. The van der Waals surface area contributed by atoms with Crippen molar-refractivity contribution < 1.29 is 13.2 Å². The van der Waals surface area contributed by atoms with Crippen molar-refractivity contribution in [1.82, 2.24) is 15.4 Å². The molecule has 0 spiro atoms. The van der Waals surface area contributed by atoms with Gasteiger partial charge in [-0.3, -0.25) is 4.79 Å². The SMILES string of the molecule is NC(N)=Nc1nc(CSCCC(=NS(N)(=O)=O)NN2CCC[C@H]2[C]=O)cs1. The summed E-state index contributed by atoms with van der Waals surface area (Å²) in [6.07, 6.45) is 3.73. The van der Waals surface area contributed by atoms with Crippen LogP contribution in [0, 0.1) is 0 Å². The average molecular weight is 434 g/mol. The van der Waals surface area contributed by atoms with Gasteiger partial charge in [0.2, 0.25) is 11.4 Å². The summed E-state index contributed by atoms with van der Waals surface area (Å²) in [5.74, 6) is 1.31. The molecule has 1 aromatic heterocycles. The number of thiazole rings is 1. The third-order valence-corrected chi connectivity index (χ3v) is 5.65. The highest BCUT2D eigenvalue weighted by Gasteiger charge is 2.25. The Morgan fingerprint density at radius 1 is 1.52 bits per heavy atom. The van der Waals surface area contributed by atoms with Gasteiger partial charge in [-0.15, -0.1) is 15.7 Å². The first-order valence-electron chi connectivity index (χ1n) is 7.91. The summed E-state index contributed by atoms with van der Waals surface area (Å²) < 4.78 is 26.2. The molecule has 1 radical (unpaired) electrons. The number of carbonyl (C=O) groups excluding carboxylic acids is 1. The number of guanidine groups is 1. The zero-order valence-corrected chi connectivity index (χ0v) is 16.8. The molecule has 149 valence electrons. The number of nitrogens with zero attached hydrogens (tertiary/aromatic N) is 4. The largest absolute Gasteiger partial charge is 0.370 e. The fraction of sp³-hybridized carbons (Fsp3) is 0.538. The van der Waals surface area contributed by atoms with E-state index in [2.05, 4.69) is 19.8 Å². The van der Waals surface area contributed by atoms with Crippen molar-refractivity contribution in [1.29, 1.82) is 0 Å². The van der Waals surface area contributed by atoms with Gasteiger partial charge in [-0.05, 0) is 12.8 Å². The molecule has 2 rings (SSSR count). The second-order valence-electron chi connectivity index (χ2n) is 5.59. The van der Waals surface area contributed by atoms with E-state index in [0.29, 0.717) is 36.0 Å². The molecule has 1 atom stereocenters. The monoisotopic (exact) mass is 433 g/mol. The van der Waals surface area contributed by atoms with Crippen LogP contribution in [0.4, 0.5) is 5.13 Å². The predicted molar refractivity (Wildman–Crippen MR) is 107 cm³/mol. The van der Waals surface area contributed by atoms with Crippen molar-refractivity contribution in [2.45, 2.75) is 31.1 Å². The van der Waals surface area contributed by atoms with E-state index >= 15 is 0 Å². The first-order valence-corrected chi connectivity index (χ1v) is 11.4. The lowest BCUT2D eigenvalue weighted by Crippen LogP contribution is -2.46. The quantitative estimate of drug-likeness (QED) is 0.223. The number of thioether (sulfide) groups is 1. The molecule has 27 heavy (non-hydrogen) atoms. The van der Waals surface area contributed by atoms with Gasteiger partial charge in [-0.25, -0.2) is 15.1 Å². The van der Waals surface area contributed by atoms with Gasteiger partial charge in [-0.1, -0.05) is 0 Å². The van der Waals surface area contributed by atoms with E-state index in [1.54, 1.807) is 5.01 Å². The van der Waals surface area contributed by atoms with Gasteiger partial charge < -0.3 is 16.9 Å². The van der Waals surface area contributed by atoms with Crippen molar-refractivity contribution in [3.63, 3.8) is 0 Å². The van der Waals surface area contributed by atoms with Crippen molar-refractivity contribution in [2.75, 3.05) is 12.3 Å². The van der Waals surface area contributed by atoms with Crippen LogP contribution >= 0.6 is 23.1 Å². The number of nitrogens with two attached hydrogens (primary N) is 3. The highest BCUT2D eigenvalue weighted by atomic mass is 32.2. The number of hydrogen-bond donors (Lipinski definition) is 4. The summed E-state index contributed by atoms with van der Waals surface area (Å²) >= 11 is 2.87. The van der Waals surface area contributed by atoms with Crippen LogP contribution in [0.15, 0.2) is 14.8 Å². The molecule has 0 amide bonds. The van der Waals surface area contributed by atoms with Crippen LogP contribution in [-0.2, 0) is 20.8 Å². The zero-order valence-electron chi connectivity index (χ0n) is 14.4. The molecule has 0 bridgehead atoms. The second kappa shape index (κ2) is 9.98. The number of aromatic nitrogens is 1. The van der Waals surface area contributed by atoms with Crippen LogP contribution in [0.5, 0.6) is 0 Å². The molecule has 1 fully saturated rings. The maximum atomic E-state index is 11.3. The van der Waals surface area contributed by atoms with Crippen LogP contribution < -0.4 is 22.0 Å². The van der Waals surface area contributed by atoms with Gasteiger partial charge in [0.05, 0.1) is 11.7 Å². The van der Waals surface area contributed by atoms with Gasteiger partial charge in [0.25, 0.3) is 0 Å². The smallest absolute Gasteiger partial charge is 0.318 e. The topological polar surface area (TPSA) is 182 Å². The number of hydrogen-bond acceptors (Lipinski definition) is 8. The first-order chi connectivity index (χ1) is 12.8. The summed E-state index contributed by atoms with van der Waals surface area (Å²) in [5, 5.41) is 8.97. The van der Waals surface area contributed by atoms with E-state index in [1.807, 2.05) is 11.7 Å². The summed E-state index contributed by atoms with van der Waals surface area (Å²) in [4.78, 5) is 19.1. The maximum absolute atomic E-state index is 11.3. The highest BCUT2D eigenvalue weighted by molar-refractivity contribution is 7.98. The molecule has 1 aliphatic heterocycles. The van der Waals surface area contributed by atoms with Crippen LogP contribution in [0.25, 0.3) is 0 Å². The van der Waals surface area contributed by atoms with E-state index in [1.165, 1.54) is 23.1 Å². The summed E-state index contributed by atoms with van der Waals surface area (Å²) in [5.41, 5.74) is 14.3. The Kier molecular flexibility index (Phi) is 7.97. The van der Waals surface area contributed by atoms with Crippen molar-refractivity contribution in [3.8, 4) is 0 Å². The number of amidine groups is 1. The van der Waals surface area contributed by atoms with Gasteiger partial charge in [-0.2, -0.15) is 25.2 Å². The van der Waals surface area contributed by atoms with E-state index in [0.717, 1.165) is 12.1 Å². The van der Waals surface area contributed by atoms with E-state index < -0.39 is 16.3 Å². The Morgan fingerprint density at radius 2 is 2.30 bits per heavy atom. The molecule has 1 aromatic rings. The molecule has 7 N–H and O–H groups in total. The Hall–Kier alpha value is -1.74. The molecule has 1 aliphatic rings. The summed E-state index contributed by atoms with van der Waals surface area (Å²) in [6, 6.07) is -0.424. The normalized spacial score (nSPS) is 18.4. The standard InChI is InChI=1S/C13H21N8O3S3/c14-12(15)18-13-17-9(8-26-13)7-25-5-3-11(20-27(16,23)24)19-21-4-1-2-10(21)6-22/h8,10H,1-5,7H2,(H,19,20)(H2,16,23,24)(H4,14,15,17,18)/t10-/m0/s1. The molecule has 2 heterocycles. The van der Waals surface area contributed by atoms with Gasteiger partial charge in [0.15, 0.2) is 5.96 Å². The van der Waals surface area contributed by atoms with E-state index in [4.69, 9.17) is 16.6 Å². The number of hydrazine groups is 1. The molecule has 0 aromatic carbocycles. The third-order valence-electron chi connectivity index (χ3n) is 3.40. The molecule has 11 nitrogen and oxygen atoms in total. The number of nitrogens with one attached hydrogen (secondary N) is 1. The third kappa shape index (κ3) is 7.80. The Bertz CT molecular complexity index is 803. The summed E-state index contributed by atoms with van der Waals surface area (Å²) in [6.45, 7) is 0.600. The molecule has 14 heteroatoms. The van der Waals surface area contributed by atoms with Crippen LogP contribution in [-0.4, -0.2) is 54.8 Å². The molecule has 0 unspecified atom stereocenters. The first kappa shape index (κ1) is 21.6. The summed E-state index contributed by atoms with van der Waals surface area (Å²) in [7, 11) is -4.04. The van der Waals surface area contributed by atoms with E-state index in [9.17, 15) is 13.2 Å².